The predicted octanol–water partition coefficient (Wildman–Crippen LogP) is 4.66. The third-order valence-corrected chi connectivity index (χ3v) is 4.44. The van der Waals surface area contributed by atoms with Crippen LogP contribution in [0.1, 0.15) is 19.4 Å². The Labute approximate surface area is 120 Å². The van der Waals surface area contributed by atoms with Crippen molar-refractivity contribution in [3.8, 4) is 0 Å². The standard InChI is InChI=1S/C14H13Cl2FO2/c1-14(2)8(12(14)13(18)19)6-11(17)7-3-4-9(15)10(16)5-7/h3-6,8,12H,1-2H3,(H,18,19). The highest BCUT2D eigenvalue weighted by atomic mass is 35.5. The summed E-state index contributed by atoms with van der Waals surface area (Å²) in [6.45, 7) is 3.63. The molecule has 1 aromatic carbocycles. The van der Waals surface area contributed by atoms with Crippen molar-refractivity contribution in [2.75, 3.05) is 0 Å². The second kappa shape index (κ2) is 4.80. The highest BCUT2D eigenvalue weighted by molar-refractivity contribution is 6.42. The van der Waals surface area contributed by atoms with Gasteiger partial charge in [0, 0.05) is 5.56 Å². The van der Waals surface area contributed by atoms with Crippen LogP contribution in [0.5, 0.6) is 0 Å². The summed E-state index contributed by atoms with van der Waals surface area (Å²) in [4.78, 5) is 11.0. The molecule has 2 unspecified atom stereocenters. The predicted molar refractivity (Wildman–Crippen MR) is 73.9 cm³/mol. The lowest BCUT2D eigenvalue weighted by atomic mass is 10.1. The molecule has 5 heteroatoms. The van der Waals surface area contributed by atoms with Crippen molar-refractivity contribution in [2.24, 2.45) is 17.3 Å². The van der Waals surface area contributed by atoms with Crippen LogP contribution in [-0.4, -0.2) is 11.1 Å². The van der Waals surface area contributed by atoms with Crippen LogP contribution < -0.4 is 0 Å². The fourth-order valence-corrected chi connectivity index (χ4v) is 2.66. The zero-order chi connectivity index (χ0) is 14.4. The molecule has 1 saturated carbocycles. The molecule has 0 aliphatic heterocycles. The highest BCUT2D eigenvalue weighted by Gasteiger charge is 2.61. The molecule has 0 aromatic heterocycles. The molecular weight excluding hydrogens is 290 g/mol. The van der Waals surface area contributed by atoms with Crippen LogP contribution >= 0.6 is 23.2 Å². The van der Waals surface area contributed by atoms with Gasteiger partial charge >= 0.3 is 5.97 Å². The summed E-state index contributed by atoms with van der Waals surface area (Å²) in [6, 6.07) is 4.46. The van der Waals surface area contributed by atoms with E-state index in [0.29, 0.717) is 10.6 Å². The van der Waals surface area contributed by atoms with Gasteiger partial charge < -0.3 is 5.11 Å². The monoisotopic (exact) mass is 302 g/mol. The molecule has 102 valence electrons. The number of rotatable bonds is 3. The Morgan fingerprint density at radius 2 is 2.00 bits per heavy atom. The molecule has 0 bridgehead atoms. The molecule has 2 rings (SSSR count). The molecule has 1 aromatic rings. The topological polar surface area (TPSA) is 37.3 Å². The molecule has 0 spiro atoms. The molecule has 0 radical (unpaired) electrons. The first-order valence-corrected chi connectivity index (χ1v) is 6.56. The Balaban J connectivity index is 2.25. The number of halogens is 3. The lowest BCUT2D eigenvalue weighted by Gasteiger charge is -2.01. The van der Waals surface area contributed by atoms with Crippen molar-refractivity contribution >= 4 is 35.0 Å². The number of carboxylic acids is 1. The van der Waals surface area contributed by atoms with Gasteiger partial charge in [0.25, 0.3) is 0 Å². The summed E-state index contributed by atoms with van der Waals surface area (Å²) >= 11 is 11.6. The van der Waals surface area contributed by atoms with E-state index in [1.807, 2.05) is 13.8 Å². The number of allylic oxidation sites excluding steroid dienone is 1. The number of hydrogen-bond acceptors (Lipinski definition) is 1. The Bertz CT molecular complexity index is 567. The van der Waals surface area contributed by atoms with Gasteiger partial charge in [0.05, 0.1) is 16.0 Å². The second-order valence-electron chi connectivity index (χ2n) is 5.31. The van der Waals surface area contributed by atoms with Crippen molar-refractivity contribution in [3.05, 3.63) is 39.9 Å². The average molecular weight is 303 g/mol. The maximum Gasteiger partial charge on any atom is 0.307 e. The van der Waals surface area contributed by atoms with Gasteiger partial charge in [-0.05, 0) is 29.5 Å². The molecule has 0 amide bonds. The summed E-state index contributed by atoms with van der Waals surface area (Å²) in [7, 11) is 0. The largest absolute Gasteiger partial charge is 0.481 e. The lowest BCUT2D eigenvalue weighted by molar-refractivity contribution is -0.139. The Hall–Kier alpha value is -1.06. The minimum atomic E-state index is -0.895. The van der Waals surface area contributed by atoms with E-state index >= 15 is 0 Å². The van der Waals surface area contributed by atoms with Crippen LogP contribution in [0.15, 0.2) is 24.3 Å². The van der Waals surface area contributed by atoms with Gasteiger partial charge in [-0.3, -0.25) is 4.79 Å². The van der Waals surface area contributed by atoms with Crippen molar-refractivity contribution < 1.29 is 14.3 Å². The number of aliphatic carboxylic acids is 1. The van der Waals surface area contributed by atoms with E-state index in [-0.39, 0.29) is 10.9 Å². The molecule has 2 atom stereocenters. The molecule has 19 heavy (non-hydrogen) atoms. The maximum absolute atomic E-state index is 14.1. The summed E-state index contributed by atoms with van der Waals surface area (Å²) in [6.07, 6.45) is 1.36. The first-order valence-electron chi connectivity index (χ1n) is 5.80. The third-order valence-electron chi connectivity index (χ3n) is 3.70. The molecule has 0 heterocycles. The van der Waals surface area contributed by atoms with Gasteiger partial charge in [-0.15, -0.1) is 0 Å². The van der Waals surface area contributed by atoms with E-state index in [9.17, 15) is 9.18 Å². The number of carboxylic acid groups (broad SMARTS) is 1. The number of benzene rings is 1. The molecule has 2 nitrogen and oxygen atoms in total. The molecule has 1 aliphatic rings. The molecular formula is C14H13Cl2FO2. The molecule has 1 fully saturated rings. The third kappa shape index (κ3) is 2.63. The van der Waals surface area contributed by atoms with E-state index in [2.05, 4.69) is 0 Å². The normalized spacial score (nSPS) is 25.2. The molecule has 1 N–H and O–H groups in total. The van der Waals surface area contributed by atoms with Crippen LogP contribution in [0.2, 0.25) is 10.0 Å². The zero-order valence-corrected chi connectivity index (χ0v) is 12.0. The van der Waals surface area contributed by atoms with E-state index in [4.69, 9.17) is 28.3 Å². The first-order chi connectivity index (χ1) is 8.75. The van der Waals surface area contributed by atoms with Crippen LogP contribution in [0.3, 0.4) is 0 Å². The van der Waals surface area contributed by atoms with Crippen molar-refractivity contribution in [1.82, 2.24) is 0 Å². The van der Waals surface area contributed by atoms with Crippen LogP contribution in [-0.2, 0) is 4.79 Å². The van der Waals surface area contributed by atoms with Gasteiger partial charge in [-0.2, -0.15) is 0 Å². The van der Waals surface area contributed by atoms with Crippen LogP contribution in [0.25, 0.3) is 5.83 Å². The Morgan fingerprint density at radius 1 is 1.37 bits per heavy atom. The molecule has 1 aliphatic carbocycles. The summed E-state index contributed by atoms with van der Waals surface area (Å²) in [5.41, 5.74) is -0.111. The first kappa shape index (κ1) is 14.4. The van der Waals surface area contributed by atoms with Gasteiger partial charge in [0.2, 0.25) is 0 Å². The van der Waals surface area contributed by atoms with Crippen LogP contribution in [0, 0.1) is 17.3 Å². The highest BCUT2D eigenvalue weighted by Crippen LogP contribution is 2.59. The summed E-state index contributed by atoms with van der Waals surface area (Å²) in [5.74, 6) is -2.21. The van der Waals surface area contributed by atoms with Crippen molar-refractivity contribution in [2.45, 2.75) is 13.8 Å². The Morgan fingerprint density at radius 3 is 2.47 bits per heavy atom. The van der Waals surface area contributed by atoms with E-state index in [1.54, 1.807) is 0 Å². The average Bonchev–Trinajstić information content (AvgIpc) is 2.84. The number of hydrogen-bond donors (Lipinski definition) is 1. The second-order valence-corrected chi connectivity index (χ2v) is 6.12. The zero-order valence-electron chi connectivity index (χ0n) is 10.5. The van der Waals surface area contributed by atoms with E-state index in [0.717, 1.165) is 0 Å². The van der Waals surface area contributed by atoms with Crippen molar-refractivity contribution in [3.63, 3.8) is 0 Å². The summed E-state index contributed by atoms with van der Waals surface area (Å²) in [5, 5.41) is 9.66. The lowest BCUT2D eigenvalue weighted by Crippen LogP contribution is -2.03. The van der Waals surface area contributed by atoms with Gasteiger partial charge in [0.1, 0.15) is 5.83 Å². The van der Waals surface area contributed by atoms with Crippen molar-refractivity contribution in [1.29, 1.82) is 0 Å². The van der Waals surface area contributed by atoms with Gasteiger partial charge in [-0.1, -0.05) is 43.1 Å². The fourth-order valence-electron chi connectivity index (χ4n) is 2.36. The number of carbonyl (C=O) groups is 1. The maximum atomic E-state index is 14.1. The van der Waals surface area contributed by atoms with Gasteiger partial charge in [-0.25, -0.2) is 4.39 Å². The SMILES string of the molecule is CC1(C)C(C=C(F)c2ccc(Cl)c(Cl)c2)C1C(=O)O. The quantitative estimate of drug-likeness (QED) is 0.881. The Kier molecular flexibility index (Phi) is 3.63. The molecule has 0 saturated heterocycles. The smallest absolute Gasteiger partial charge is 0.307 e. The van der Waals surface area contributed by atoms with E-state index < -0.39 is 23.1 Å². The summed E-state index contributed by atoms with van der Waals surface area (Å²) < 4.78 is 14.1. The van der Waals surface area contributed by atoms with Crippen LogP contribution in [0.4, 0.5) is 4.39 Å². The minimum Gasteiger partial charge on any atom is -0.481 e. The van der Waals surface area contributed by atoms with Gasteiger partial charge in [0.15, 0.2) is 0 Å². The van der Waals surface area contributed by atoms with E-state index in [1.165, 1.54) is 24.3 Å². The minimum absolute atomic E-state index is 0.271. The fraction of sp³-hybridized carbons (Fsp3) is 0.357.